The molecule has 0 saturated carbocycles. The van der Waals surface area contributed by atoms with Crippen LogP contribution in [0.1, 0.15) is 21.5 Å². The van der Waals surface area contributed by atoms with Crippen molar-refractivity contribution in [3.05, 3.63) is 60.2 Å². The van der Waals surface area contributed by atoms with Gasteiger partial charge in [-0.3, -0.25) is 4.79 Å². The van der Waals surface area contributed by atoms with Gasteiger partial charge in [0.1, 0.15) is 12.4 Å². The van der Waals surface area contributed by atoms with Gasteiger partial charge in [-0.05, 0) is 69.8 Å². The molecule has 0 N–H and O–H groups in total. The van der Waals surface area contributed by atoms with Crippen molar-refractivity contribution in [2.45, 2.75) is 13.5 Å². The monoisotopic (exact) mass is 478 g/mol. The van der Waals surface area contributed by atoms with Crippen LogP contribution in [0.5, 0.6) is 5.75 Å². The lowest BCUT2D eigenvalue weighted by atomic mass is 10.1. The van der Waals surface area contributed by atoms with Crippen LogP contribution in [-0.2, 0) is 6.61 Å². The van der Waals surface area contributed by atoms with E-state index in [1.807, 2.05) is 24.3 Å². The Morgan fingerprint density at radius 3 is 2.47 bits per heavy atom. The minimum absolute atomic E-state index is 0.470. The van der Waals surface area contributed by atoms with Crippen molar-refractivity contribution in [1.82, 2.24) is 0 Å². The fourth-order valence-electron chi connectivity index (χ4n) is 1.66. The lowest BCUT2D eigenvalue weighted by Gasteiger charge is -2.11. The molecule has 2 nitrogen and oxygen atoms in total. The second kappa shape index (κ2) is 6.69. The highest BCUT2D eigenvalue weighted by Gasteiger charge is 2.09. The zero-order valence-corrected chi connectivity index (χ0v) is 14.6. The van der Waals surface area contributed by atoms with E-state index in [0.29, 0.717) is 17.9 Å². The maximum absolute atomic E-state index is 11.1. The predicted octanol–water partition coefficient (Wildman–Crippen LogP) is 4.60. The SMILES string of the molecule is Cc1ccc(COc2c(I)cc(I)cc2C=O)cc1. The Labute approximate surface area is 139 Å². The van der Waals surface area contributed by atoms with Gasteiger partial charge in [-0.2, -0.15) is 0 Å². The molecule has 2 rings (SSSR count). The molecule has 4 heteroatoms. The van der Waals surface area contributed by atoms with Crippen LogP contribution < -0.4 is 4.74 Å². The standard InChI is InChI=1S/C15H12I2O2/c1-10-2-4-11(5-3-10)9-19-15-12(8-18)6-13(16)7-14(15)17/h2-8H,9H2,1H3. The third-order valence-electron chi connectivity index (χ3n) is 2.67. The molecule has 2 aromatic rings. The summed E-state index contributed by atoms with van der Waals surface area (Å²) in [5.41, 5.74) is 2.92. The molecule has 0 saturated heterocycles. The van der Waals surface area contributed by atoms with Crippen LogP contribution in [0.2, 0.25) is 0 Å². The van der Waals surface area contributed by atoms with Crippen LogP contribution in [-0.4, -0.2) is 6.29 Å². The van der Waals surface area contributed by atoms with Crippen LogP contribution >= 0.6 is 45.2 Å². The molecule has 0 unspecified atom stereocenters. The highest BCUT2D eigenvalue weighted by Crippen LogP contribution is 2.28. The van der Waals surface area contributed by atoms with Gasteiger partial charge >= 0.3 is 0 Å². The molecule has 0 aliphatic rings. The molecule has 0 aromatic heterocycles. The first kappa shape index (κ1) is 14.8. The van der Waals surface area contributed by atoms with Gasteiger partial charge < -0.3 is 4.74 Å². The van der Waals surface area contributed by atoms with Crippen molar-refractivity contribution in [3.8, 4) is 5.75 Å². The number of hydrogen-bond acceptors (Lipinski definition) is 2. The van der Waals surface area contributed by atoms with E-state index in [1.165, 1.54) is 5.56 Å². The van der Waals surface area contributed by atoms with E-state index in [0.717, 1.165) is 19.0 Å². The van der Waals surface area contributed by atoms with Crippen LogP contribution in [0.25, 0.3) is 0 Å². The summed E-state index contributed by atoms with van der Waals surface area (Å²) in [6.45, 7) is 2.52. The molecule has 0 amide bonds. The van der Waals surface area contributed by atoms with Crippen molar-refractivity contribution in [2.24, 2.45) is 0 Å². The fraction of sp³-hybridized carbons (Fsp3) is 0.133. The van der Waals surface area contributed by atoms with E-state index in [1.54, 1.807) is 0 Å². The molecule has 0 heterocycles. The average Bonchev–Trinajstić information content (AvgIpc) is 2.39. The van der Waals surface area contributed by atoms with E-state index in [9.17, 15) is 4.79 Å². The van der Waals surface area contributed by atoms with Crippen molar-refractivity contribution < 1.29 is 9.53 Å². The lowest BCUT2D eigenvalue weighted by Crippen LogP contribution is -2.01. The zero-order valence-electron chi connectivity index (χ0n) is 10.3. The fourth-order valence-corrected chi connectivity index (χ4v) is 3.71. The van der Waals surface area contributed by atoms with E-state index >= 15 is 0 Å². The van der Waals surface area contributed by atoms with E-state index in [4.69, 9.17) is 4.74 Å². The highest BCUT2D eigenvalue weighted by molar-refractivity contribution is 14.1. The molecule has 0 aliphatic carbocycles. The summed E-state index contributed by atoms with van der Waals surface area (Å²) in [6.07, 6.45) is 0.842. The minimum Gasteiger partial charge on any atom is -0.487 e. The Hall–Kier alpha value is -0.630. The molecule has 98 valence electrons. The topological polar surface area (TPSA) is 26.3 Å². The molecule has 0 spiro atoms. The summed E-state index contributed by atoms with van der Waals surface area (Å²) >= 11 is 4.39. The number of hydrogen-bond donors (Lipinski definition) is 0. The quantitative estimate of drug-likeness (QED) is 0.475. The second-order valence-corrected chi connectivity index (χ2v) is 6.61. The summed E-state index contributed by atoms with van der Waals surface area (Å²) in [5, 5.41) is 0. The lowest BCUT2D eigenvalue weighted by molar-refractivity contribution is 0.111. The zero-order chi connectivity index (χ0) is 13.8. The van der Waals surface area contributed by atoms with Crippen LogP contribution in [0, 0.1) is 14.1 Å². The number of benzene rings is 2. The molecular weight excluding hydrogens is 466 g/mol. The maximum Gasteiger partial charge on any atom is 0.153 e. The predicted molar refractivity (Wildman–Crippen MR) is 92.8 cm³/mol. The first-order chi connectivity index (χ1) is 9.10. The highest BCUT2D eigenvalue weighted by atomic mass is 127. The van der Waals surface area contributed by atoms with Crippen molar-refractivity contribution in [3.63, 3.8) is 0 Å². The van der Waals surface area contributed by atoms with Crippen molar-refractivity contribution >= 4 is 51.5 Å². The van der Waals surface area contributed by atoms with Gasteiger partial charge in [-0.1, -0.05) is 29.8 Å². The Morgan fingerprint density at radius 2 is 1.84 bits per heavy atom. The molecule has 0 atom stereocenters. The van der Waals surface area contributed by atoms with Gasteiger partial charge in [0, 0.05) is 3.57 Å². The maximum atomic E-state index is 11.1. The van der Waals surface area contributed by atoms with E-state index < -0.39 is 0 Å². The van der Waals surface area contributed by atoms with Crippen molar-refractivity contribution in [1.29, 1.82) is 0 Å². The second-order valence-electron chi connectivity index (χ2n) is 4.20. The van der Waals surface area contributed by atoms with Crippen molar-refractivity contribution in [2.75, 3.05) is 0 Å². The Balaban J connectivity index is 2.19. The van der Waals surface area contributed by atoms with E-state index in [2.05, 4.69) is 64.2 Å². The molecule has 2 aromatic carbocycles. The van der Waals surface area contributed by atoms with Crippen LogP contribution in [0.3, 0.4) is 0 Å². The molecule has 0 fully saturated rings. The van der Waals surface area contributed by atoms with Crippen LogP contribution in [0.4, 0.5) is 0 Å². The molecule has 19 heavy (non-hydrogen) atoms. The van der Waals surface area contributed by atoms with Gasteiger partial charge in [-0.25, -0.2) is 0 Å². The number of carbonyl (C=O) groups is 1. The van der Waals surface area contributed by atoms with Crippen LogP contribution in [0.15, 0.2) is 36.4 Å². The average molecular weight is 478 g/mol. The normalized spacial score (nSPS) is 10.3. The third-order valence-corrected chi connectivity index (χ3v) is 4.09. The van der Waals surface area contributed by atoms with Gasteiger partial charge in [0.2, 0.25) is 0 Å². The van der Waals surface area contributed by atoms with Gasteiger partial charge in [0.15, 0.2) is 6.29 Å². The first-order valence-corrected chi connectivity index (χ1v) is 7.88. The number of ether oxygens (including phenoxy) is 1. The Bertz CT molecular complexity index is 592. The van der Waals surface area contributed by atoms with Gasteiger partial charge in [0.05, 0.1) is 9.13 Å². The number of rotatable bonds is 4. The number of aldehydes is 1. The summed E-state index contributed by atoms with van der Waals surface area (Å²) in [4.78, 5) is 11.1. The number of halogens is 2. The first-order valence-electron chi connectivity index (χ1n) is 5.72. The van der Waals surface area contributed by atoms with Gasteiger partial charge in [-0.15, -0.1) is 0 Å². The van der Waals surface area contributed by atoms with E-state index in [-0.39, 0.29) is 0 Å². The summed E-state index contributed by atoms with van der Waals surface area (Å²) in [5.74, 6) is 0.664. The Kier molecular flexibility index (Phi) is 5.20. The summed E-state index contributed by atoms with van der Waals surface area (Å²) in [6, 6.07) is 12.0. The molecular formula is C15H12I2O2. The molecule has 0 radical (unpaired) electrons. The number of carbonyl (C=O) groups excluding carboxylic acids is 1. The summed E-state index contributed by atoms with van der Waals surface area (Å²) < 4.78 is 7.79. The largest absolute Gasteiger partial charge is 0.487 e. The minimum atomic E-state index is 0.470. The number of aryl methyl sites for hydroxylation is 1. The Morgan fingerprint density at radius 1 is 1.16 bits per heavy atom. The summed E-state index contributed by atoms with van der Waals surface area (Å²) in [7, 11) is 0. The molecule has 0 bridgehead atoms. The molecule has 0 aliphatic heterocycles. The third kappa shape index (κ3) is 3.92. The van der Waals surface area contributed by atoms with Gasteiger partial charge in [0.25, 0.3) is 0 Å². The smallest absolute Gasteiger partial charge is 0.153 e.